The summed E-state index contributed by atoms with van der Waals surface area (Å²) in [5.74, 6) is 0.737. The molecule has 2 aromatic rings. The molecule has 1 fully saturated rings. The van der Waals surface area contributed by atoms with Crippen molar-refractivity contribution >= 4 is 23.6 Å². The summed E-state index contributed by atoms with van der Waals surface area (Å²) in [6, 6.07) is 4.41. The Morgan fingerprint density at radius 2 is 2.37 bits per heavy atom. The molecule has 3 heterocycles. The Hall–Kier alpha value is -1.33. The van der Waals surface area contributed by atoms with E-state index < -0.39 is 0 Å². The highest BCUT2D eigenvalue weighted by atomic mass is 35.5. The van der Waals surface area contributed by atoms with Crippen LogP contribution in [0, 0.1) is 5.92 Å². The number of hydrogen-bond acceptors (Lipinski definition) is 4. The summed E-state index contributed by atoms with van der Waals surface area (Å²) in [5.41, 5.74) is 1.64. The normalized spacial score (nSPS) is 19.1. The zero-order valence-corrected chi connectivity index (χ0v) is 11.6. The van der Waals surface area contributed by atoms with E-state index in [1.54, 1.807) is 6.20 Å². The van der Waals surface area contributed by atoms with Crippen LogP contribution in [0.3, 0.4) is 0 Å². The number of piperidine rings is 1. The van der Waals surface area contributed by atoms with Crippen LogP contribution in [0.25, 0.3) is 11.2 Å². The summed E-state index contributed by atoms with van der Waals surface area (Å²) in [4.78, 5) is 11.6. The molecule has 0 spiro atoms. The Labute approximate surface area is 118 Å². The fraction of sp³-hybridized carbons (Fsp3) is 0.538. The van der Waals surface area contributed by atoms with E-state index in [1.807, 2.05) is 12.1 Å². The van der Waals surface area contributed by atoms with Crippen molar-refractivity contribution in [3.8, 4) is 6.01 Å². The number of imidazole rings is 1. The summed E-state index contributed by atoms with van der Waals surface area (Å²) in [6.45, 7) is 2.99. The maximum Gasteiger partial charge on any atom is 0.296 e. The number of nitrogens with zero attached hydrogens (tertiary/aromatic N) is 2. The molecule has 0 amide bonds. The van der Waals surface area contributed by atoms with Crippen LogP contribution in [0.2, 0.25) is 0 Å². The van der Waals surface area contributed by atoms with Crippen LogP contribution in [-0.4, -0.2) is 34.6 Å². The quantitative estimate of drug-likeness (QED) is 0.902. The smallest absolute Gasteiger partial charge is 0.296 e. The van der Waals surface area contributed by atoms with E-state index in [1.165, 1.54) is 12.8 Å². The zero-order chi connectivity index (χ0) is 12.2. The van der Waals surface area contributed by atoms with Crippen LogP contribution < -0.4 is 10.1 Å². The number of nitrogens with one attached hydrogen (secondary N) is 2. The summed E-state index contributed by atoms with van der Waals surface area (Å²) in [5, 5.41) is 3.42. The Bertz CT molecular complexity index is 477. The lowest BCUT2D eigenvalue weighted by Crippen LogP contribution is -2.30. The number of aromatic amines is 1. The molecular formula is C13H19ClN4O. The highest BCUT2D eigenvalue weighted by molar-refractivity contribution is 5.85. The molecule has 1 atom stereocenters. The summed E-state index contributed by atoms with van der Waals surface area (Å²) < 4.78 is 5.66. The minimum absolute atomic E-state index is 0. The van der Waals surface area contributed by atoms with E-state index in [0.717, 1.165) is 30.9 Å². The second-order valence-corrected chi connectivity index (χ2v) is 4.77. The summed E-state index contributed by atoms with van der Waals surface area (Å²) in [6.07, 6.45) is 5.40. The van der Waals surface area contributed by atoms with Crippen LogP contribution >= 0.6 is 12.4 Å². The van der Waals surface area contributed by atoms with E-state index in [9.17, 15) is 0 Å². The maximum absolute atomic E-state index is 5.66. The molecule has 3 rings (SSSR count). The van der Waals surface area contributed by atoms with E-state index in [-0.39, 0.29) is 12.4 Å². The van der Waals surface area contributed by atoms with Gasteiger partial charge in [0.15, 0.2) is 5.65 Å². The average molecular weight is 283 g/mol. The van der Waals surface area contributed by atoms with E-state index in [2.05, 4.69) is 20.3 Å². The van der Waals surface area contributed by atoms with Gasteiger partial charge in [-0.2, -0.15) is 4.98 Å². The average Bonchev–Trinajstić information content (AvgIpc) is 2.82. The van der Waals surface area contributed by atoms with Gasteiger partial charge in [-0.25, -0.2) is 4.98 Å². The fourth-order valence-electron chi connectivity index (χ4n) is 2.38. The van der Waals surface area contributed by atoms with Crippen LogP contribution in [0.4, 0.5) is 0 Å². The molecule has 0 radical (unpaired) electrons. The van der Waals surface area contributed by atoms with Crippen molar-refractivity contribution in [3.63, 3.8) is 0 Å². The van der Waals surface area contributed by atoms with Crippen molar-refractivity contribution in [2.45, 2.75) is 19.3 Å². The number of fused-ring (bicyclic) bond motifs is 1. The predicted octanol–water partition coefficient (Wildman–Crippen LogP) is 2.15. The largest absolute Gasteiger partial charge is 0.465 e. The lowest BCUT2D eigenvalue weighted by Gasteiger charge is -2.22. The topological polar surface area (TPSA) is 62.8 Å². The van der Waals surface area contributed by atoms with Gasteiger partial charge in [-0.3, -0.25) is 0 Å². The van der Waals surface area contributed by atoms with Gasteiger partial charge in [-0.05, 0) is 50.4 Å². The summed E-state index contributed by atoms with van der Waals surface area (Å²) >= 11 is 0. The number of halogens is 1. The Morgan fingerprint density at radius 3 is 3.16 bits per heavy atom. The number of ether oxygens (including phenoxy) is 1. The van der Waals surface area contributed by atoms with Gasteiger partial charge in [0.2, 0.25) is 0 Å². The fourth-order valence-corrected chi connectivity index (χ4v) is 2.38. The first kappa shape index (κ1) is 14.1. The SMILES string of the molecule is Cl.c1cnc2nc(OCCC3CCCNC3)[nH]c2c1. The number of pyridine rings is 1. The van der Waals surface area contributed by atoms with Crippen molar-refractivity contribution in [2.24, 2.45) is 5.92 Å². The standard InChI is InChI=1S/C13H18N4O.ClH/c1-3-10(9-14-6-1)5-8-18-13-16-11-4-2-7-15-12(11)17-13;/h2,4,7,10,14H,1,3,5-6,8-9H2,(H,15,16,17);1H. The molecule has 1 aliphatic heterocycles. The lowest BCUT2D eigenvalue weighted by molar-refractivity contribution is 0.242. The van der Waals surface area contributed by atoms with Gasteiger partial charge in [0.1, 0.15) is 0 Å². The molecule has 1 unspecified atom stereocenters. The number of aromatic nitrogens is 3. The molecular weight excluding hydrogens is 264 g/mol. The molecule has 2 aromatic heterocycles. The molecule has 5 nitrogen and oxygen atoms in total. The van der Waals surface area contributed by atoms with Crippen LogP contribution in [0.1, 0.15) is 19.3 Å². The van der Waals surface area contributed by atoms with E-state index in [0.29, 0.717) is 18.3 Å². The van der Waals surface area contributed by atoms with Crippen LogP contribution in [0.5, 0.6) is 6.01 Å². The highest BCUT2D eigenvalue weighted by Gasteiger charge is 2.13. The second-order valence-electron chi connectivity index (χ2n) is 4.77. The molecule has 0 aliphatic carbocycles. The van der Waals surface area contributed by atoms with Crippen molar-refractivity contribution in [2.75, 3.05) is 19.7 Å². The Kier molecular flexibility index (Phi) is 4.99. The molecule has 1 aliphatic rings. The zero-order valence-electron chi connectivity index (χ0n) is 10.8. The van der Waals surface area contributed by atoms with Crippen molar-refractivity contribution in [3.05, 3.63) is 18.3 Å². The second kappa shape index (κ2) is 6.73. The third kappa shape index (κ3) is 3.58. The minimum Gasteiger partial charge on any atom is -0.465 e. The van der Waals surface area contributed by atoms with Gasteiger partial charge in [-0.15, -0.1) is 12.4 Å². The third-order valence-electron chi connectivity index (χ3n) is 3.40. The van der Waals surface area contributed by atoms with E-state index >= 15 is 0 Å². The van der Waals surface area contributed by atoms with Crippen LogP contribution in [0.15, 0.2) is 18.3 Å². The molecule has 1 saturated heterocycles. The number of hydrogen-bond donors (Lipinski definition) is 2. The molecule has 0 aromatic carbocycles. The van der Waals surface area contributed by atoms with Crippen molar-refractivity contribution in [1.29, 1.82) is 0 Å². The molecule has 19 heavy (non-hydrogen) atoms. The number of rotatable bonds is 4. The van der Waals surface area contributed by atoms with Crippen molar-refractivity contribution < 1.29 is 4.74 Å². The first-order valence-corrected chi connectivity index (χ1v) is 6.56. The van der Waals surface area contributed by atoms with Gasteiger partial charge in [0.25, 0.3) is 6.01 Å². The third-order valence-corrected chi connectivity index (χ3v) is 3.40. The molecule has 0 saturated carbocycles. The summed E-state index contributed by atoms with van der Waals surface area (Å²) in [7, 11) is 0. The lowest BCUT2D eigenvalue weighted by atomic mass is 9.97. The van der Waals surface area contributed by atoms with Gasteiger partial charge in [-0.1, -0.05) is 0 Å². The molecule has 104 valence electrons. The first-order valence-electron chi connectivity index (χ1n) is 6.56. The molecule has 0 bridgehead atoms. The van der Waals surface area contributed by atoms with Gasteiger partial charge >= 0.3 is 0 Å². The van der Waals surface area contributed by atoms with Gasteiger partial charge in [0, 0.05) is 6.20 Å². The molecule has 6 heteroatoms. The minimum atomic E-state index is 0. The monoisotopic (exact) mass is 282 g/mol. The van der Waals surface area contributed by atoms with E-state index in [4.69, 9.17) is 4.74 Å². The first-order chi connectivity index (χ1) is 8.92. The Morgan fingerprint density at radius 1 is 1.42 bits per heavy atom. The van der Waals surface area contributed by atoms with Gasteiger partial charge in [0.05, 0.1) is 12.1 Å². The Balaban J connectivity index is 0.00000133. The van der Waals surface area contributed by atoms with Crippen LogP contribution in [-0.2, 0) is 0 Å². The van der Waals surface area contributed by atoms with Crippen molar-refractivity contribution in [1.82, 2.24) is 20.3 Å². The number of H-pyrrole nitrogens is 1. The maximum atomic E-state index is 5.66. The van der Waals surface area contributed by atoms with Gasteiger partial charge < -0.3 is 15.0 Å². The predicted molar refractivity (Wildman–Crippen MR) is 76.8 cm³/mol. The highest BCUT2D eigenvalue weighted by Crippen LogP contribution is 2.16. The molecule has 2 N–H and O–H groups in total.